The molecule has 3 aromatic carbocycles. The van der Waals surface area contributed by atoms with Gasteiger partial charge < -0.3 is 9.53 Å². The lowest BCUT2D eigenvalue weighted by atomic mass is 10.1. The Kier molecular flexibility index (Phi) is 8.53. The molecule has 4 heteroatoms. The third-order valence-corrected chi connectivity index (χ3v) is 13.5. The van der Waals surface area contributed by atoms with Crippen molar-refractivity contribution < 1.29 is 9.53 Å². The SMILES string of the molecule is CC(C)(C)[Si](OCc1ccc(C(=CCCO)[Si](C)(C)C)cc1)(c1ccccc1)c1ccccc1. The zero-order valence-electron chi connectivity index (χ0n) is 21.6. The first-order valence-corrected chi connectivity index (χ1v) is 17.7. The topological polar surface area (TPSA) is 29.5 Å². The monoisotopic (exact) mass is 488 g/mol. The molecule has 0 heterocycles. The van der Waals surface area contributed by atoms with Gasteiger partial charge in [0.2, 0.25) is 0 Å². The van der Waals surface area contributed by atoms with E-state index in [1.54, 1.807) is 0 Å². The van der Waals surface area contributed by atoms with Crippen molar-refractivity contribution in [2.45, 2.75) is 58.5 Å². The molecule has 0 radical (unpaired) electrons. The van der Waals surface area contributed by atoms with Gasteiger partial charge in [0.15, 0.2) is 0 Å². The Balaban J connectivity index is 1.97. The molecule has 0 unspecified atom stereocenters. The normalized spacial score (nSPS) is 13.2. The van der Waals surface area contributed by atoms with Crippen LogP contribution in [0.3, 0.4) is 0 Å². The summed E-state index contributed by atoms with van der Waals surface area (Å²) >= 11 is 0. The number of benzene rings is 3. The molecule has 0 aliphatic carbocycles. The van der Waals surface area contributed by atoms with E-state index in [0.717, 1.165) is 0 Å². The summed E-state index contributed by atoms with van der Waals surface area (Å²) in [7, 11) is -4.07. The molecule has 180 valence electrons. The molecule has 0 aliphatic heterocycles. The van der Waals surface area contributed by atoms with Crippen molar-refractivity contribution in [2.24, 2.45) is 0 Å². The van der Waals surface area contributed by atoms with E-state index < -0.39 is 16.4 Å². The molecule has 3 aromatic rings. The van der Waals surface area contributed by atoms with Gasteiger partial charge in [0.25, 0.3) is 8.32 Å². The minimum Gasteiger partial charge on any atom is -0.403 e. The van der Waals surface area contributed by atoms with Crippen molar-refractivity contribution in [1.82, 2.24) is 0 Å². The van der Waals surface area contributed by atoms with Crippen LogP contribution < -0.4 is 10.4 Å². The maximum absolute atomic E-state index is 9.33. The smallest absolute Gasteiger partial charge is 0.261 e. The lowest BCUT2D eigenvalue weighted by molar-refractivity contribution is 0.286. The first kappa shape index (κ1) is 26.4. The second-order valence-corrected chi connectivity index (χ2v) is 20.4. The van der Waals surface area contributed by atoms with Gasteiger partial charge in [-0.25, -0.2) is 0 Å². The molecule has 0 bridgehead atoms. The summed E-state index contributed by atoms with van der Waals surface area (Å²) in [5.74, 6) is 0. The molecule has 3 rings (SSSR count). The Morgan fingerprint density at radius 1 is 0.794 bits per heavy atom. The van der Waals surface area contributed by atoms with E-state index in [0.29, 0.717) is 13.0 Å². The number of rotatable bonds is 9. The number of hydrogen-bond acceptors (Lipinski definition) is 2. The molecule has 2 nitrogen and oxygen atoms in total. The fourth-order valence-electron chi connectivity index (χ4n) is 4.80. The van der Waals surface area contributed by atoms with Gasteiger partial charge >= 0.3 is 0 Å². The van der Waals surface area contributed by atoms with Crippen LogP contribution >= 0.6 is 0 Å². The van der Waals surface area contributed by atoms with Crippen LogP contribution in [0.5, 0.6) is 0 Å². The highest BCUT2D eigenvalue weighted by Gasteiger charge is 2.50. The molecule has 0 aromatic heterocycles. The predicted octanol–water partition coefficient (Wildman–Crippen LogP) is 6.41. The van der Waals surface area contributed by atoms with Crippen LogP contribution in [0.25, 0.3) is 5.20 Å². The molecule has 0 fully saturated rings. The third kappa shape index (κ3) is 5.87. The van der Waals surface area contributed by atoms with Gasteiger partial charge in [0.1, 0.15) is 0 Å². The highest BCUT2D eigenvalue weighted by molar-refractivity contribution is 6.99. The molecule has 34 heavy (non-hydrogen) atoms. The average molecular weight is 489 g/mol. The van der Waals surface area contributed by atoms with Gasteiger partial charge in [-0.1, -0.05) is 137 Å². The first-order chi connectivity index (χ1) is 16.1. The maximum Gasteiger partial charge on any atom is 0.261 e. The minimum absolute atomic E-state index is 0.0340. The summed E-state index contributed by atoms with van der Waals surface area (Å²) in [6, 6.07) is 30.5. The second kappa shape index (κ2) is 11.0. The Morgan fingerprint density at radius 2 is 1.29 bits per heavy atom. The average Bonchev–Trinajstić information content (AvgIpc) is 2.80. The number of hydrogen-bond donors (Lipinski definition) is 1. The number of aliphatic hydroxyl groups excluding tert-OH is 1. The van der Waals surface area contributed by atoms with E-state index in [-0.39, 0.29) is 11.6 Å². The predicted molar refractivity (Wildman–Crippen MR) is 152 cm³/mol. The molecular formula is C30H40O2Si2. The van der Waals surface area contributed by atoms with Crippen LogP contribution in [0.4, 0.5) is 0 Å². The highest BCUT2D eigenvalue weighted by Crippen LogP contribution is 2.37. The van der Waals surface area contributed by atoms with E-state index >= 15 is 0 Å². The van der Waals surface area contributed by atoms with Gasteiger partial charge in [-0.2, -0.15) is 0 Å². The molecule has 0 saturated heterocycles. The lowest BCUT2D eigenvalue weighted by Gasteiger charge is -2.43. The Morgan fingerprint density at radius 3 is 1.71 bits per heavy atom. The van der Waals surface area contributed by atoms with Crippen molar-refractivity contribution in [1.29, 1.82) is 0 Å². The Hall–Kier alpha value is -2.25. The van der Waals surface area contributed by atoms with Crippen LogP contribution in [0.2, 0.25) is 24.7 Å². The van der Waals surface area contributed by atoms with Crippen LogP contribution in [0, 0.1) is 0 Å². The zero-order valence-corrected chi connectivity index (χ0v) is 23.6. The Bertz CT molecular complexity index is 1020. The zero-order chi connectivity index (χ0) is 24.8. The first-order valence-electron chi connectivity index (χ1n) is 12.3. The third-order valence-electron chi connectivity index (χ3n) is 6.42. The standard InChI is InChI=1S/C30H40O2Si2/c1-30(2,3)34(27-14-9-7-10-15-27,28-16-11-8-12-17-28)32-24-25-19-21-26(22-20-25)29(18-13-23-31)33(4,5)6/h7-12,14-22,31H,13,23-24H2,1-6H3. The fraction of sp³-hybridized carbons (Fsp3) is 0.333. The molecule has 0 atom stereocenters. The van der Waals surface area contributed by atoms with Crippen molar-refractivity contribution >= 4 is 32.0 Å². The van der Waals surface area contributed by atoms with E-state index in [9.17, 15) is 5.11 Å². The quantitative estimate of drug-likeness (QED) is 0.353. The molecule has 0 saturated carbocycles. The summed E-state index contributed by atoms with van der Waals surface area (Å²) < 4.78 is 7.08. The molecule has 0 spiro atoms. The van der Waals surface area contributed by atoms with Crippen LogP contribution in [-0.4, -0.2) is 28.1 Å². The van der Waals surface area contributed by atoms with Crippen LogP contribution in [-0.2, 0) is 11.0 Å². The summed E-state index contributed by atoms with van der Waals surface area (Å²) in [5.41, 5.74) is 2.45. The van der Waals surface area contributed by atoms with Gasteiger partial charge in [0.05, 0.1) is 14.7 Å². The number of aliphatic hydroxyl groups is 1. The van der Waals surface area contributed by atoms with E-state index in [2.05, 4.69) is 131 Å². The van der Waals surface area contributed by atoms with Crippen LogP contribution in [0.1, 0.15) is 38.3 Å². The van der Waals surface area contributed by atoms with Crippen LogP contribution in [0.15, 0.2) is 91.0 Å². The Labute approximate surface area is 208 Å². The summed E-state index contributed by atoms with van der Waals surface area (Å²) in [4.78, 5) is 0. The highest BCUT2D eigenvalue weighted by atomic mass is 28.4. The van der Waals surface area contributed by atoms with Gasteiger partial charge in [-0.3, -0.25) is 0 Å². The van der Waals surface area contributed by atoms with Gasteiger partial charge in [-0.15, -0.1) is 0 Å². The molecular weight excluding hydrogens is 449 g/mol. The minimum atomic E-state index is -2.55. The summed E-state index contributed by atoms with van der Waals surface area (Å²) in [5, 5.41) is 13.3. The maximum atomic E-state index is 9.33. The van der Waals surface area contributed by atoms with Crippen molar-refractivity contribution in [3.05, 3.63) is 102 Å². The fourth-order valence-corrected chi connectivity index (χ4v) is 11.1. The summed E-state index contributed by atoms with van der Waals surface area (Å²) in [6.45, 7) is 14.8. The van der Waals surface area contributed by atoms with E-state index in [1.807, 2.05) is 0 Å². The molecule has 0 aliphatic rings. The molecule has 1 N–H and O–H groups in total. The van der Waals surface area contributed by atoms with Crippen molar-refractivity contribution in [3.63, 3.8) is 0 Å². The van der Waals surface area contributed by atoms with Gasteiger partial charge in [-0.05, 0) is 33.0 Å². The summed E-state index contributed by atoms with van der Waals surface area (Å²) in [6.07, 6.45) is 2.93. The lowest BCUT2D eigenvalue weighted by Crippen LogP contribution is -2.66. The largest absolute Gasteiger partial charge is 0.403 e. The van der Waals surface area contributed by atoms with Crippen molar-refractivity contribution in [2.75, 3.05) is 6.61 Å². The molecule has 0 amide bonds. The van der Waals surface area contributed by atoms with E-state index in [1.165, 1.54) is 26.7 Å². The van der Waals surface area contributed by atoms with Crippen molar-refractivity contribution in [3.8, 4) is 0 Å². The van der Waals surface area contributed by atoms with E-state index in [4.69, 9.17) is 4.43 Å². The second-order valence-electron chi connectivity index (χ2n) is 11.0. The van der Waals surface area contributed by atoms with Gasteiger partial charge in [0, 0.05) is 6.61 Å².